The average Bonchev–Trinajstić information content (AvgIpc) is 3.07. The minimum atomic E-state index is -0.512. The molecule has 2 heterocycles. The number of benzene rings is 2. The molecule has 0 saturated heterocycles. The lowest BCUT2D eigenvalue weighted by atomic mass is 10.2. The van der Waals surface area contributed by atoms with Crippen molar-refractivity contribution in [3.8, 4) is 0 Å². The van der Waals surface area contributed by atoms with Crippen molar-refractivity contribution in [3.63, 3.8) is 0 Å². The van der Waals surface area contributed by atoms with E-state index in [0.29, 0.717) is 15.4 Å². The fourth-order valence-electron chi connectivity index (χ4n) is 3.11. The van der Waals surface area contributed by atoms with Crippen LogP contribution in [0.1, 0.15) is 26.5 Å². The van der Waals surface area contributed by atoms with Crippen LogP contribution in [0.4, 0.5) is 0 Å². The summed E-state index contributed by atoms with van der Waals surface area (Å²) in [6.07, 6.45) is 0. The van der Waals surface area contributed by atoms with E-state index >= 15 is 0 Å². The third kappa shape index (κ3) is 3.77. The molecule has 0 radical (unpaired) electrons. The Kier molecular flexibility index (Phi) is 5.14. The zero-order valence-corrected chi connectivity index (χ0v) is 16.5. The maximum atomic E-state index is 13.0. The number of carbonyl (C=O) groups is 1. The van der Waals surface area contributed by atoms with Crippen molar-refractivity contribution in [1.82, 2.24) is 8.97 Å². The summed E-state index contributed by atoms with van der Waals surface area (Å²) in [7, 11) is 0. The predicted octanol–water partition coefficient (Wildman–Crippen LogP) is 3.24. The Bertz CT molecular complexity index is 1290. The van der Waals surface area contributed by atoms with Gasteiger partial charge in [-0.15, -0.1) is 11.3 Å². The minimum absolute atomic E-state index is 0.142. The zero-order valence-electron chi connectivity index (χ0n) is 15.7. The van der Waals surface area contributed by atoms with Crippen LogP contribution < -0.4 is 11.2 Å². The molecule has 0 amide bonds. The van der Waals surface area contributed by atoms with Gasteiger partial charge in [-0.3, -0.25) is 13.8 Å². The average molecular weight is 406 g/mol. The van der Waals surface area contributed by atoms with Crippen molar-refractivity contribution < 1.29 is 9.53 Å². The standard InChI is InChI=1S/C22H18N2O4S/c1-15-20(21(26)28-14-17-10-6-3-7-11-17)29-19-12-18(25)23(22(27)24(15)19)13-16-8-4-2-5-9-16/h2-12H,13-14H2,1H3. The molecular weight excluding hydrogens is 388 g/mol. The summed E-state index contributed by atoms with van der Waals surface area (Å²) >= 11 is 1.09. The summed E-state index contributed by atoms with van der Waals surface area (Å²) in [6, 6.07) is 20.0. The van der Waals surface area contributed by atoms with Crippen LogP contribution in [0.25, 0.3) is 4.83 Å². The molecule has 7 heteroatoms. The topological polar surface area (TPSA) is 69.8 Å². The molecule has 0 bridgehead atoms. The number of thiazole rings is 1. The van der Waals surface area contributed by atoms with Gasteiger partial charge in [0.25, 0.3) is 5.56 Å². The lowest BCUT2D eigenvalue weighted by molar-refractivity contribution is 0.0477. The molecule has 0 saturated carbocycles. The first kappa shape index (κ1) is 18.9. The van der Waals surface area contributed by atoms with E-state index in [-0.39, 0.29) is 13.2 Å². The SMILES string of the molecule is Cc1c(C(=O)OCc2ccccc2)sc2cc(=O)n(Cc3ccccc3)c(=O)n12. The molecule has 0 aliphatic heterocycles. The van der Waals surface area contributed by atoms with Crippen LogP contribution in [0.2, 0.25) is 0 Å². The van der Waals surface area contributed by atoms with Crippen LogP contribution in [-0.4, -0.2) is 14.9 Å². The second kappa shape index (κ2) is 7.89. The first-order valence-electron chi connectivity index (χ1n) is 9.05. The summed E-state index contributed by atoms with van der Waals surface area (Å²) < 4.78 is 7.96. The molecule has 29 heavy (non-hydrogen) atoms. The van der Waals surface area contributed by atoms with Crippen molar-refractivity contribution in [3.05, 3.63) is 109 Å². The van der Waals surface area contributed by atoms with Gasteiger partial charge in [0.15, 0.2) is 0 Å². The molecule has 6 nitrogen and oxygen atoms in total. The number of ether oxygens (including phenoxy) is 1. The van der Waals surface area contributed by atoms with Gasteiger partial charge in [-0.05, 0) is 18.1 Å². The largest absolute Gasteiger partial charge is 0.457 e. The fraction of sp³-hybridized carbons (Fsp3) is 0.136. The van der Waals surface area contributed by atoms with E-state index in [4.69, 9.17) is 4.74 Å². The van der Waals surface area contributed by atoms with E-state index in [0.717, 1.165) is 22.5 Å². The number of hydrogen-bond acceptors (Lipinski definition) is 5. The number of aryl methyl sites for hydroxylation is 1. The molecule has 4 aromatic rings. The third-order valence-electron chi connectivity index (χ3n) is 4.61. The van der Waals surface area contributed by atoms with Gasteiger partial charge in [-0.2, -0.15) is 0 Å². The second-order valence-corrected chi connectivity index (χ2v) is 7.62. The summed E-state index contributed by atoms with van der Waals surface area (Å²) in [4.78, 5) is 38.8. The van der Waals surface area contributed by atoms with E-state index in [1.807, 2.05) is 60.7 Å². The summed E-state index contributed by atoms with van der Waals surface area (Å²) in [6.45, 7) is 1.99. The van der Waals surface area contributed by atoms with Crippen LogP contribution in [0.5, 0.6) is 0 Å². The Hall–Kier alpha value is -3.45. The van der Waals surface area contributed by atoms with Gasteiger partial charge in [0.2, 0.25) is 0 Å². The van der Waals surface area contributed by atoms with Crippen molar-refractivity contribution in [1.29, 1.82) is 0 Å². The lowest BCUT2D eigenvalue weighted by Gasteiger charge is -2.06. The number of fused-ring (bicyclic) bond motifs is 1. The highest BCUT2D eigenvalue weighted by atomic mass is 32.1. The van der Waals surface area contributed by atoms with Crippen LogP contribution in [0.15, 0.2) is 76.3 Å². The van der Waals surface area contributed by atoms with Crippen LogP contribution >= 0.6 is 11.3 Å². The molecule has 4 rings (SSSR count). The Morgan fingerprint density at radius 2 is 1.59 bits per heavy atom. The van der Waals surface area contributed by atoms with Gasteiger partial charge >= 0.3 is 11.7 Å². The van der Waals surface area contributed by atoms with Gasteiger partial charge in [0.05, 0.1) is 12.2 Å². The first-order valence-corrected chi connectivity index (χ1v) is 9.87. The highest BCUT2D eigenvalue weighted by Crippen LogP contribution is 2.22. The van der Waals surface area contributed by atoms with Gasteiger partial charge in [0.1, 0.15) is 16.3 Å². The summed E-state index contributed by atoms with van der Waals surface area (Å²) in [5.41, 5.74) is 1.33. The van der Waals surface area contributed by atoms with E-state index in [1.165, 1.54) is 15.0 Å². The monoisotopic (exact) mass is 406 g/mol. The van der Waals surface area contributed by atoms with Crippen molar-refractivity contribution in [2.45, 2.75) is 20.1 Å². The molecule has 0 atom stereocenters. The number of aromatic nitrogens is 2. The molecule has 146 valence electrons. The molecule has 0 fully saturated rings. The Morgan fingerprint density at radius 3 is 2.24 bits per heavy atom. The van der Waals surface area contributed by atoms with Crippen molar-refractivity contribution in [2.75, 3.05) is 0 Å². The Balaban J connectivity index is 1.68. The van der Waals surface area contributed by atoms with Crippen molar-refractivity contribution in [2.24, 2.45) is 0 Å². The number of rotatable bonds is 5. The van der Waals surface area contributed by atoms with E-state index in [2.05, 4.69) is 0 Å². The van der Waals surface area contributed by atoms with E-state index in [9.17, 15) is 14.4 Å². The number of nitrogens with zero attached hydrogens (tertiary/aromatic N) is 2. The second-order valence-electron chi connectivity index (χ2n) is 6.59. The molecule has 0 aliphatic carbocycles. The maximum Gasteiger partial charge on any atom is 0.350 e. The molecule has 0 unspecified atom stereocenters. The highest BCUT2D eigenvalue weighted by Gasteiger charge is 2.20. The van der Waals surface area contributed by atoms with Crippen molar-refractivity contribution >= 4 is 22.1 Å². The number of esters is 1. The molecular formula is C22H18N2O4S. The predicted molar refractivity (Wildman–Crippen MR) is 112 cm³/mol. The third-order valence-corrected chi connectivity index (χ3v) is 5.78. The van der Waals surface area contributed by atoms with E-state index < -0.39 is 17.2 Å². The number of hydrogen-bond donors (Lipinski definition) is 0. The lowest BCUT2D eigenvalue weighted by Crippen LogP contribution is -2.37. The number of carbonyl (C=O) groups excluding carboxylic acids is 1. The first-order chi connectivity index (χ1) is 14.0. The maximum absolute atomic E-state index is 13.0. The van der Waals surface area contributed by atoms with Gasteiger partial charge < -0.3 is 4.74 Å². The molecule has 0 aliphatic rings. The van der Waals surface area contributed by atoms with Gasteiger partial charge in [-0.1, -0.05) is 60.7 Å². The normalized spacial score (nSPS) is 10.9. The Morgan fingerprint density at radius 1 is 0.966 bits per heavy atom. The molecule has 2 aromatic carbocycles. The zero-order chi connectivity index (χ0) is 20.4. The summed E-state index contributed by atoms with van der Waals surface area (Å²) in [5, 5.41) is 0. The minimum Gasteiger partial charge on any atom is -0.457 e. The molecule has 2 aromatic heterocycles. The quantitative estimate of drug-likeness (QED) is 0.477. The van der Waals surface area contributed by atoms with Crippen LogP contribution in [0, 0.1) is 6.92 Å². The molecule has 0 N–H and O–H groups in total. The highest BCUT2D eigenvalue weighted by molar-refractivity contribution is 7.19. The van der Waals surface area contributed by atoms with Crippen LogP contribution in [0.3, 0.4) is 0 Å². The van der Waals surface area contributed by atoms with Gasteiger partial charge in [-0.25, -0.2) is 9.59 Å². The van der Waals surface area contributed by atoms with Gasteiger partial charge in [0, 0.05) is 6.07 Å². The summed E-state index contributed by atoms with van der Waals surface area (Å²) in [5.74, 6) is -0.512. The van der Waals surface area contributed by atoms with Crippen LogP contribution in [-0.2, 0) is 17.9 Å². The van der Waals surface area contributed by atoms with E-state index in [1.54, 1.807) is 6.92 Å². The molecule has 0 spiro atoms. The smallest absolute Gasteiger partial charge is 0.350 e. The fourth-order valence-corrected chi connectivity index (χ4v) is 4.17. The Labute approximate surface area is 170 Å².